The summed E-state index contributed by atoms with van der Waals surface area (Å²) in [5.74, 6) is -0.447. The third-order valence-electron chi connectivity index (χ3n) is 4.09. The minimum Gasteiger partial charge on any atom is -0.343 e. The number of carbonyl (C=O) groups is 2. The number of para-hydroxylation sites is 1. The Morgan fingerprint density at radius 3 is 2.54 bits per heavy atom. The van der Waals surface area contributed by atoms with Crippen LogP contribution in [0.4, 0.5) is 0 Å². The van der Waals surface area contributed by atoms with Gasteiger partial charge in [0, 0.05) is 13.1 Å². The molecular formula is C17H19ClN4O2. The molecule has 1 fully saturated rings. The Hall–Kier alpha value is -2.34. The first-order valence-corrected chi connectivity index (χ1v) is 8.32. The smallest absolute Gasteiger partial charge is 0.256 e. The number of benzene rings is 1. The number of rotatable bonds is 4. The highest BCUT2D eigenvalue weighted by Crippen LogP contribution is 2.23. The first-order chi connectivity index (χ1) is 11.6. The number of amides is 2. The quantitative estimate of drug-likeness (QED) is 0.922. The minimum absolute atomic E-state index is 0.0227. The van der Waals surface area contributed by atoms with E-state index in [-0.39, 0.29) is 23.5 Å². The average molecular weight is 347 g/mol. The monoisotopic (exact) mass is 346 g/mol. The number of likely N-dealkylation sites (tertiary alicyclic amines) is 1. The number of halogens is 1. The van der Waals surface area contributed by atoms with Crippen molar-refractivity contribution in [2.45, 2.75) is 19.8 Å². The molecule has 0 atom stereocenters. The van der Waals surface area contributed by atoms with Gasteiger partial charge in [0.25, 0.3) is 5.91 Å². The normalized spacial score (nSPS) is 14.0. The number of nitrogens with zero attached hydrogens (tertiary/aromatic N) is 3. The Kier molecular flexibility index (Phi) is 4.85. The largest absolute Gasteiger partial charge is 0.343 e. The van der Waals surface area contributed by atoms with Gasteiger partial charge in [-0.2, -0.15) is 5.10 Å². The summed E-state index contributed by atoms with van der Waals surface area (Å²) in [7, 11) is 0. The molecule has 126 valence electrons. The summed E-state index contributed by atoms with van der Waals surface area (Å²) in [4.78, 5) is 26.2. The van der Waals surface area contributed by atoms with Gasteiger partial charge < -0.3 is 10.2 Å². The van der Waals surface area contributed by atoms with Crippen LogP contribution in [0.1, 0.15) is 28.9 Å². The molecule has 2 amide bonds. The predicted octanol–water partition coefficient (Wildman–Crippen LogP) is 2.19. The SMILES string of the molecule is Cc1nn(-c2ccccc2)c(Cl)c1C(=O)NCC(=O)N1CCCC1. The Morgan fingerprint density at radius 2 is 1.88 bits per heavy atom. The van der Waals surface area contributed by atoms with E-state index in [1.165, 1.54) is 4.68 Å². The topological polar surface area (TPSA) is 67.2 Å². The number of nitrogens with one attached hydrogen (secondary N) is 1. The van der Waals surface area contributed by atoms with E-state index in [2.05, 4.69) is 10.4 Å². The molecule has 1 saturated heterocycles. The second-order valence-electron chi connectivity index (χ2n) is 5.77. The van der Waals surface area contributed by atoms with Gasteiger partial charge in [0.2, 0.25) is 5.91 Å². The third-order valence-corrected chi connectivity index (χ3v) is 4.44. The molecule has 1 aliphatic heterocycles. The van der Waals surface area contributed by atoms with Crippen molar-refractivity contribution in [1.82, 2.24) is 20.0 Å². The van der Waals surface area contributed by atoms with Crippen molar-refractivity contribution in [2.24, 2.45) is 0 Å². The van der Waals surface area contributed by atoms with Gasteiger partial charge in [-0.05, 0) is 31.9 Å². The van der Waals surface area contributed by atoms with Crippen LogP contribution >= 0.6 is 11.6 Å². The van der Waals surface area contributed by atoms with E-state index < -0.39 is 0 Å². The molecule has 6 nitrogen and oxygen atoms in total. The fourth-order valence-corrected chi connectivity index (χ4v) is 3.18. The molecule has 1 aromatic heterocycles. The molecule has 1 aliphatic rings. The van der Waals surface area contributed by atoms with E-state index in [0.29, 0.717) is 11.3 Å². The van der Waals surface area contributed by atoms with Gasteiger partial charge >= 0.3 is 0 Å². The van der Waals surface area contributed by atoms with Gasteiger partial charge in [0.1, 0.15) is 5.15 Å². The van der Waals surface area contributed by atoms with Crippen molar-refractivity contribution in [3.05, 3.63) is 46.7 Å². The molecule has 24 heavy (non-hydrogen) atoms. The number of aromatic nitrogens is 2. The molecular weight excluding hydrogens is 328 g/mol. The molecule has 0 saturated carbocycles. The number of hydrogen-bond donors (Lipinski definition) is 1. The van der Waals surface area contributed by atoms with E-state index in [0.717, 1.165) is 31.6 Å². The predicted molar refractivity (Wildman–Crippen MR) is 91.5 cm³/mol. The van der Waals surface area contributed by atoms with Crippen molar-refractivity contribution in [2.75, 3.05) is 19.6 Å². The molecule has 2 aromatic rings. The number of hydrogen-bond acceptors (Lipinski definition) is 3. The molecule has 2 heterocycles. The van der Waals surface area contributed by atoms with Crippen LogP contribution in [0.2, 0.25) is 5.15 Å². The lowest BCUT2D eigenvalue weighted by Gasteiger charge is -2.15. The summed E-state index contributed by atoms with van der Waals surface area (Å²) >= 11 is 6.35. The minimum atomic E-state index is -0.382. The average Bonchev–Trinajstić information content (AvgIpc) is 3.22. The first kappa shape index (κ1) is 16.5. The molecule has 7 heteroatoms. The van der Waals surface area contributed by atoms with Crippen LogP contribution in [0.25, 0.3) is 5.69 Å². The van der Waals surface area contributed by atoms with Gasteiger partial charge in [-0.25, -0.2) is 4.68 Å². The van der Waals surface area contributed by atoms with Crippen molar-refractivity contribution in [1.29, 1.82) is 0 Å². The third kappa shape index (κ3) is 3.28. The van der Waals surface area contributed by atoms with Crippen molar-refractivity contribution >= 4 is 23.4 Å². The second-order valence-corrected chi connectivity index (χ2v) is 6.13. The Balaban J connectivity index is 1.73. The van der Waals surface area contributed by atoms with Gasteiger partial charge in [-0.3, -0.25) is 9.59 Å². The van der Waals surface area contributed by atoms with E-state index >= 15 is 0 Å². The zero-order chi connectivity index (χ0) is 17.1. The zero-order valence-electron chi connectivity index (χ0n) is 13.5. The maximum Gasteiger partial charge on any atom is 0.256 e. The molecule has 0 bridgehead atoms. The summed E-state index contributed by atoms with van der Waals surface area (Å²) in [6, 6.07) is 9.35. The van der Waals surface area contributed by atoms with Gasteiger partial charge in [0.05, 0.1) is 23.5 Å². The Bertz CT molecular complexity index is 751. The zero-order valence-corrected chi connectivity index (χ0v) is 14.2. The first-order valence-electron chi connectivity index (χ1n) is 7.94. The van der Waals surface area contributed by atoms with Crippen LogP contribution in [0, 0.1) is 6.92 Å². The molecule has 1 aromatic carbocycles. The Morgan fingerprint density at radius 1 is 1.21 bits per heavy atom. The number of carbonyl (C=O) groups excluding carboxylic acids is 2. The van der Waals surface area contributed by atoms with Crippen LogP contribution in [0.3, 0.4) is 0 Å². The van der Waals surface area contributed by atoms with Gasteiger partial charge in [0.15, 0.2) is 0 Å². The lowest BCUT2D eigenvalue weighted by molar-refractivity contribution is -0.129. The Labute approximate surface area is 145 Å². The van der Waals surface area contributed by atoms with Crippen molar-refractivity contribution in [3.8, 4) is 5.69 Å². The van der Waals surface area contributed by atoms with Crippen LogP contribution in [-0.4, -0.2) is 46.1 Å². The van der Waals surface area contributed by atoms with Gasteiger partial charge in [-0.1, -0.05) is 29.8 Å². The van der Waals surface area contributed by atoms with Crippen LogP contribution in [-0.2, 0) is 4.79 Å². The summed E-state index contributed by atoms with van der Waals surface area (Å²) in [5.41, 5.74) is 1.60. The van der Waals surface area contributed by atoms with Crippen molar-refractivity contribution < 1.29 is 9.59 Å². The lowest BCUT2D eigenvalue weighted by atomic mass is 10.2. The highest BCUT2D eigenvalue weighted by atomic mass is 35.5. The molecule has 1 N–H and O–H groups in total. The summed E-state index contributed by atoms with van der Waals surface area (Å²) < 4.78 is 1.52. The maximum atomic E-state index is 12.4. The standard InChI is InChI=1S/C17H19ClN4O2/c1-12-15(16(18)22(20-12)13-7-3-2-4-8-13)17(24)19-11-14(23)21-9-5-6-10-21/h2-4,7-8H,5-6,9-11H2,1H3,(H,19,24). The molecule has 3 rings (SSSR count). The van der Waals surface area contributed by atoms with E-state index in [4.69, 9.17) is 11.6 Å². The highest BCUT2D eigenvalue weighted by molar-refractivity contribution is 6.33. The van der Waals surface area contributed by atoms with Crippen LogP contribution in [0.5, 0.6) is 0 Å². The number of aryl methyl sites for hydroxylation is 1. The van der Waals surface area contributed by atoms with Crippen LogP contribution < -0.4 is 5.32 Å². The van der Waals surface area contributed by atoms with E-state index in [1.807, 2.05) is 30.3 Å². The van der Waals surface area contributed by atoms with E-state index in [9.17, 15) is 9.59 Å². The summed E-state index contributed by atoms with van der Waals surface area (Å²) in [5, 5.41) is 7.23. The fraction of sp³-hybridized carbons (Fsp3) is 0.353. The summed E-state index contributed by atoms with van der Waals surface area (Å²) in [6.07, 6.45) is 2.04. The van der Waals surface area contributed by atoms with E-state index in [1.54, 1.807) is 11.8 Å². The molecule has 0 radical (unpaired) electrons. The summed E-state index contributed by atoms with van der Waals surface area (Å²) in [6.45, 7) is 3.23. The van der Waals surface area contributed by atoms with Crippen molar-refractivity contribution in [3.63, 3.8) is 0 Å². The maximum absolute atomic E-state index is 12.4. The molecule has 0 unspecified atom stereocenters. The molecule has 0 aliphatic carbocycles. The van der Waals surface area contributed by atoms with Crippen LogP contribution in [0.15, 0.2) is 30.3 Å². The van der Waals surface area contributed by atoms with Gasteiger partial charge in [-0.15, -0.1) is 0 Å². The molecule has 0 spiro atoms. The fourth-order valence-electron chi connectivity index (χ4n) is 2.82. The highest BCUT2D eigenvalue weighted by Gasteiger charge is 2.23. The lowest BCUT2D eigenvalue weighted by Crippen LogP contribution is -2.38. The second kappa shape index (κ2) is 7.05.